The Balaban J connectivity index is 1.70. The maximum absolute atomic E-state index is 13.0. The molecule has 3 aromatic rings. The van der Waals surface area contributed by atoms with Crippen LogP contribution in [0.3, 0.4) is 0 Å². The Hall–Kier alpha value is -3.27. The van der Waals surface area contributed by atoms with Crippen LogP contribution in [0.5, 0.6) is 11.5 Å². The Morgan fingerprint density at radius 1 is 0.912 bits per heavy atom. The summed E-state index contributed by atoms with van der Waals surface area (Å²) in [6, 6.07) is 24.1. The lowest BCUT2D eigenvalue weighted by Gasteiger charge is -2.23. The molecule has 0 aromatic heterocycles. The van der Waals surface area contributed by atoms with Gasteiger partial charge in [0.1, 0.15) is 18.1 Å². The second-order valence-electron chi connectivity index (χ2n) is 9.69. The molecule has 34 heavy (non-hydrogen) atoms. The third-order valence-electron chi connectivity index (χ3n) is 5.79. The molecule has 180 valence electrons. The molecule has 0 saturated carbocycles. The zero-order chi connectivity index (χ0) is 24.6. The summed E-state index contributed by atoms with van der Waals surface area (Å²) < 4.78 is 12.0. The highest BCUT2D eigenvalue weighted by Gasteiger charge is 2.19. The van der Waals surface area contributed by atoms with Crippen molar-refractivity contribution in [2.24, 2.45) is 0 Å². The van der Waals surface area contributed by atoms with E-state index in [4.69, 9.17) is 9.47 Å². The van der Waals surface area contributed by atoms with Crippen LogP contribution in [-0.2, 0) is 18.4 Å². The van der Waals surface area contributed by atoms with Crippen LogP contribution in [0.4, 0.5) is 0 Å². The van der Waals surface area contributed by atoms with Crippen LogP contribution < -0.4 is 14.8 Å². The molecule has 0 aliphatic carbocycles. The van der Waals surface area contributed by atoms with Gasteiger partial charge in [-0.15, -0.1) is 0 Å². The van der Waals surface area contributed by atoms with Gasteiger partial charge in [-0.05, 0) is 67.5 Å². The summed E-state index contributed by atoms with van der Waals surface area (Å²) in [7, 11) is 0. The number of hydrogen-bond acceptors (Lipinski definition) is 3. The number of benzene rings is 3. The summed E-state index contributed by atoms with van der Waals surface area (Å²) in [5.41, 5.74) is 3.86. The van der Waals surface area contributed by atoms with Gasteiger partial charge in [-0.1, -0.05) is 69.3 Å². The Labute approximate surface area is 204 Å². The molecule has 1 atom stereocenters. The number of hydrogen-bond donors (Lipinski definition) is 1. The molecule has 0 fully saturated rings. The highest BCUT2D eigenvalue weighted by Crippen LogP contribution is 2.32. The van der Waals surface area contributed by atoms with Gasteiger partial charge in [0.05, 0.1) is 6.61 Å². The van der Waals surface area contributed by atoms with Gasteiger partial charge >= 0.3 is 0 Å². The molecule has 4 heteroatoms. The van der Waals surface area contributed by atoms with Crippen molar-refractivity contribution in [2.45, 2.75) is 65.5 Å². The van der Waals surface area contributed by atoms with Crippen LogP contribution >= 0.6 is 0 Å². The fourth-order valence-corrected chi connectivity index (χ4v) is 3.90. The molecule has 0 spiro atoms. The minimum atomic E-state index is -0.0834. The second kappa shape index (κ2) is 11.7. The van der Waals surface area contributed by atoms with E-state index in [0.29, 0.717) is 18.8 Å². The first-order chi connectivity index (χ1) is 16.3. The van der Waals surface area contributed by atoms with Crippen molar-refractivity contribution in [2.75, 3.05) is 6.61 Å². The molecule has 0 saturated heterocycles. The quantitative estimate of drug-likeness (QED) is 0.366. The average Bonchev–Trinajstić information content (AvgIpc) is 2.82. The maximum Gasteiger partial charge on any atom is 0.251 e. The van der Waals surface area contributed by atoms with E-state index in [2.05, 4.69) is 44.3 Å². The summed E-state index contributed by atoms with van der Waals surface area (Å²) in [4.78, 5) is 13.0. The lowest BCUT2D eigenvalue weighted by Crippen LogP contribution is -2.33. The number of rotatable bonds is 10. The molecule has 0 aliphatic rings. The summed E-state index contributed by atoms with van der Waals surface area (Å²) >= 11 is 0. The van der Waals surface area contributed by atoms with Crippen LogP contribution in [0.2, 0.25) is 0 Å². The minimum Gasteiger partial charge on any atom is -0.493 e. The number of carbonyl (C=O) groups excluding carboxylic acids is 1. The van der Waals surface area contributed by atoms with Crippen molar-refractivity contribution >= 4 is 5.91 Å². The maximum atomic E-state index is 13.0. The largest absolute Gasteiger partial charge is 0.493 e. The number of carbonyl (C=O) groups is 1. The van der Waals surface area contributed by atoms with Gasteiger partial charge in [-0.25, -0.2) is 0 Å². The topological polar surface area (TPSA) is 47.6 Å². The van der Waals surface area contributed by atoms with Crippen molar-refractivity contribution in [3.05, 3.63) is 95.1 Å². The minimum absolute atomic E-state index is 0.0308. The highest BCUT2D eigenvalue weighted by molar-refractivity contribution is 5.94. The van der Waals surface area contributed by atoms with Crippen molar-refractivity contribution in [3.63, 3.8) is 0 Å². The number of ether oxygens (including phenoxy) is 2. The van der Waals surface area contributed by atoms with E-state index in [9.17, 15) is 4.79 Å². The first-order valence-corrected chi connectivity index (χ1v) is 12.1. The molecular formula is C30H37NO3. The van der Waals surface area contributed by atoms with Gasteiger partial charge in [0.25, 0.3) is 5.91 Å². The predicted molar refractivity (Wildman–Crippen MR) is 139 cm³/mol. The Morgan fingerprint density at radius 2 is 1.62 bits per heavy atom. The van der Waals surface area contributed by atoms with E-state index in [1.54, 1.807) is 0 Å². The fraction of sp³-hybridized carbons (Fsp3) is 0.367. The molecule has 0 aliphatic heterocycles. The normalized spacial score (nSPS) is 12.1. The molecule has 0 radical (unpaired) electrons. The average molecular weight is 460 g/mol. The molecule has 1 amide bonds. The Bertz CT molecular complexity index is 1070. The van der Waals surface area contributed by atoms with Gasteiger partial charge in [0.15, 0.2) is 0 Å². The summed E-state index contributed by atoms with van der Waals surface area (Å²) in [5, 5.41) is 3.13. The van der Waals surface area contributed by atoms with Crippen molar-refractivity contribution in [1.29, 1.82) is 0 Å². The van der Waals surface area contributed by atoms with Crippen LogP contribution in [0.15, 0.2) is 72.8 Å². The molecule has 3 rings (SSSR count). The van der Waals surface area contributed by atoms with Crippen LogP contribution in [0.1, 0.15) is 68.1 Å². The molecule has 4 nitrogen and oxygen atoms in total. The van der Waals surface area contributed by atoms with E-state index in [-0.39, 0.29) is 17.4 Å². The molecule has 0 heterocycles. The number of amides is 1. The lowest BCUT2D eigenvalue weighted by molar-refractivity contribution is 0.0938. The zero-order valence-electron chi connectivity index (χ0n) is 21.1. The summed E-state index contributed by atoms with van der Waals surface area (Å²) in [6.07, 6.45) is 1.81. The van der Waals surface area contributed by atoms with Gasteiger partial charge in [0, 0.05) is 17.2 Å². The van der Waals surface area contributed by atoms with Gasteiger partial charge in [0.2, 0.25) is 0 Å². The van der Waals surface area contributed by atoms with E-state index < -0.39 is 0 Å². The number of para-hydroxylation sites is 1. The Morgan fingerprint density at radius 3 is 2.32 bits per heavy atom. The highest BCUT2D eigenvalue weighted by atomic mass is 16.5. The van der Waals surface area contributed by atoms with Gasteiger partial charge in [-0.3, -0.25) is 4.79 Å². The molecular weight excluding hydrogens is 422 g/mol. The van der Waals surface area contributed by atoms with E-state index in [1.807, 2.05) is 68.4 Å². The van der Waals surface area contributed by atoms with Gasteiger partial charge in [-0.2, -0.15) is 0 Å². The Kier molecular flexibility index (Phi) is 8.75. The van der Waals surface area contributed by atoms with Crippen LogP contribution in [-0.4, -0.2) is 18.6 Å². The first-order valence-electron chi connectivity index (χ1n) is 12.1. The van der Waals surface area contributed by atoms with Crippen LogP contribution in [0.25, 0.3) is 0 Å². The molecule has 0 bridgehead atoms. The monoisotopic (exact) mass is 459 g/mol. The second-order valence-corrected chi connectivity index (χ2v) is 9.69. The number of aryl methyl sites for hydroxylation is 1. The third kappa shape index (κ3) is 7.11. The van der Waals surface area contributed by atoms with Crippen molar-refractivity contribution in [1.82, 2.24) is 5.32 Å². The summed E-state index contributed by atoms with van der Waals surface area (Å²) in [5.74, 6) is 1.51. The zero-order valence-corrected chi connectivity index (χ0v) is 21.1. The van der Waals surface area contributed by atoms with Crippen molar-refractivity contribution in [3.8, 4) is 11.5 Å². The van der Waals surface area contributed by atoms with Crippen molar-refractivity contribution < 1.29 is 14.3 Å². The predicted octanol–water partition coefficient (Wildman–Crippen LogP) is 6.71. The first kappa shape index (κ1) is 25.4. The SMILES string of the molecule is CCOc1ccc(C(=O)N[C@@H](C)CCc2ccccc2)cc1COc1ccccc1C(C)(C)C. The van der Waals surface area contributed by atoms with E-state index >= 15 is 0 Å². The van der Waals surface area contributed by atoms with Crippen LogP contribution in [0, 0.1) is 0 Å². The molecule has 1 N–H and O–H groups in total. The third-order valence-corrected chi connectivity index (χ3v) is 5.79. The lowest BCUT2D eigenvalue weighted by atomic mass is 9.86. The van der Waals surface area contributed by atoms with Gasteiger partial charge < -0.3 is 14.8 Å². The fourth-order valence-electron chi connectivity index (χ4n) is 3.90. The number of nitrogens with one attached hydrogen (secondary N) is 1. The van der Waals surface area contributed by atoms with E-state index in [0.717, 1.165) is 35.5 Å². The molecule has 0 unspecified atom stereocenters. The molecule has 3 aromatic carbocycles. The standard InChI is InChI=1S/C30H37NO3/c1-6-33-27-19-18-24(29(32)31-22(2)16-17-23-12-8-7-9-13-23)20-25(27)21-34-28-15-11-10-14-26(28)30(3,4)5/h7-15,18-20,22H,6,16-17,21H2,1-5H3,(H,31,32)/t22-/m0/s1. The smallest absolute Gasteiger partial charge is 0.251 e. The van der Waals surface area contributed by atoms with E-state index in [1.165, 1.54) is 5.56 Å². The summed E-state index contributed by atoms with van der Waals surface area (Å²) in [6.45, 7) is 11.4.